The molecule has 2 aliphatic heterocycles. The van der Waals surface area contributed by atoms with Crippen LogP contribution in [0.15, 0.2) is 34.1 Å². The van der Waals surface area contributed by atoms with Crippen molar-refractivity contribution < 1.29 is 4.74 Å². The van der Waals surface area contributed by atoms with Crippen molar-refractivity contribution in [3.05, 3.63) is 24.0 Å². The molecule has 0 aromatic heterocycles. The molecular weight excluding hydrogens is 270 g/mol. The normalized spacial score (nSPS) is 20.4. The molecule has 1 fully saturated rings. The Hall–Kier alpha value is -2.19. The number of aliphatic imine (C=N–C) groups is 1. The third kappa shape index (κ3) is 4.40. The van der Waals surface area contributed by atoms with Crippen molar-refractivity contribution in [3.8, 4) is 0 Å². The number of nitrogens with one attached hydrogen (secondary N) is 3. The van der Waals surface area contributed by atoms with Crippen LogP contribution < -0.4 is 16.5 Å². The maximum absolute atomic E-state index is 6.99. The average molecular weight is 291 g/mol. The number of hydrogen-bond acceptors (Lipinski definition) is 6. The summed E-state index contributed by atoms with van der Waals surface area (Å²) in [5.74, 6) is 0.190. The quantitative estimate of drug-likeness (QED) is 0.379. The minimum atomic E-state index is 0.190. The van der Waals surface area contributed by atoms with Gasteiger partial charge < -0.3 is 15.8 Å². The zero-order valence-corrected chi connectivity index (χ0v) is 11.9. The first kappa shape index (κ1) is 15.2. The largest absolute Gasteiger partial charge is 0.382 e. The molecular formula is C13H21N7O. The highest BCUT2D eigenvalue weighted by molar-refractivity contribution is 6.47. The van der Waals surface area contributed by atoms with Crippen LogP contribution in [0.3, 0.4) is 0 Å². The highest BCUT2D eigenvalue weighted by Gasteiger charge is 2.16. The number of amidine groups is 1. The molecule has 21 heavy (non-hydrogen) atoms. The van der Waals surface area contributed by atoms with Crippen LogP contribution in [0.4, 0.5) is 0 Å². The number of nitrogens with two attached hydrogens (primary N) is 1. The maximum atomic E-state index is 6.99. The molecule has 5 N–H and O–H groups in total. The van der Waals surface area contributed by atoms with Gasteiger partial charge in [-0.2, -0.15) is 5.10 Å². The monoisotopic (exact) mass is 291 g/mol. The van der Waals surface area contributed by atoms with Gasteiger partial charge >= 0.3 is 0 Å². The van der Waals surface area contributed by atoms with E-state index in [9.17, 15) is 0 Å². The van der Waals surface area contributed by atoms with E-state index < -0.39 is 0 Å². The molecule has 8 nitrogen and oxygen atoms in total. The third-order valence-electron chi connectivity index (χ3n) is 3.18. The number of allylic oxidation sites excluding steroid dienone is 1. The number of rotatable bonds is 6. The summed E-state index contributed by atoms with van der Waals surface area (Å²) in [5, 5.41) is 14.4. The first-order valence-electron chi connectivity index (χ1n) is 6.82. The summed E-state index contributed by atoms with van der Waals surface area (Å²) < 4.78 is 5.32. The topological polar surface area (TPSA) is 111 Å². The molecule has 0 aliphatic carbocycles. The Balaban J connectivity index is 1.91. The highest BCUT2D eigenvalue weighted by Crippen LogP contribution is 2.05. The smallest absolute Gasteiger partial charge is 0.155 e. The van der Waals surface area contributed by atoms with E-state index in [1.807, 2.05) is 6.08 Å². The zero-order chi connectivity index (χ0) is 15.1. The van der Waals surface area contributed by atoms with Gasteiger partial charge in [0.2, 0.25) is 0 Å². The molecule has 114 valence electrons. The van der Waals surface area contributed by atoms with Gasteiger partial charge in [-0.1, -0.05) is 6.58 Å². The first-order valence-corrected chi connectivity index (χ1v) is 6.82. The lowest BCUT2D eigenvalue weighted by Crippen LogP contribution is -2.42. The van der Waals surface area contributed by atoms with Crippen LogP contribution in [0.1, 0.15) is 0 Å². The molecule has 0 spiro atoms. The number of morpholine rings is 1. The Bertz CT molecular complexity index is 489. The Morgan fingerprint density at radius 2 is 2.38 bits per heavy atom. The zero-order valence-electron chi connectivity index (χ0n) is 11.9. The van der Waals surface area contributed by atoms with Crippen LogP contribution in [-0.2, 0) is 4.74 Å². The van der Waals surface area contributed by atoms with E-state index in [1.54, 1.807) is 0 Å². The third-order valence-corrected chi connectivity index (χ3v) is 3.18. The first-order chi connectivity index (χ1) is 10.2. The number of ether oxygens (including phenoxy) is 1. The van der Waals surface area contributed by atoms with Crippen molar-refractivity contribution in [1.29, 1.82) is 5.41 Å². The van der Waals surface area contributed by atoms with Crippen molar-refractivity contribution in [1.82, 2.24) is 15.6 Å². The summed E-state index contributed by atoms with van der Waals surface area (Å²) in [5.41, 5.74) is 10.5. The summed E-state index contributed by atoms with van der Waals surface area (Å²) in [6.07, 6.45) is 2.72. The molecule has 0 bridgehead atoms. The highest BCUT2D eigenvalue weighted by atomic mass is 16.5. The second-order valence-corrected chi connectivity index (χ2v) is 4.68. The Morgan fingerprint density at radius 3 is 3.10 bits per heavy atom. The summed E-state index contributed by atoms with van der Waals surface area (Å²) in [6, 6.07) is 0. The Labute approximate surface area is 123 Å². The molecule has 1 saturated heterocycles. The predicted molar refractivity (Wildman–Crippen MR) is 83.5 cm³/mol. The molecule has 0 atom stereocenters. The van der Waals surface area contributed by atoms with Crippen LogP contribution in [0.5, 0.6) is 0 Å². The molecule has 2 aliphatic rings. The van der Waals surface area contributed by atoms with Gasteiger partial charge in [-0.3, -0.25) is 15.7 Å². The fraction of sp³-hybridized carbons (Fsp3) is 0.462. The van der Waals surface area contributed by atoms with E-state index >= 15 is 0 Å². The van der Waals surface area contributed by atoms with Gasteiger partial charge in [0.05, 0.1) is 24.6 Å². The van der Waals surface area contributed by atoms with Gasteiger partial charge in [-0.25, -0.2) is 4.99 Å². The minimum absolute atomic E-state index is 0.190. The van der Waals surface area contributed by atoms with E-state index in [1.165, 1.54) is 0 Å². The Kier molecular flexibility index (Phi) is 5.47. The second kappa shape index (κ2) is 7.55. The molecule has 0 aromatic carbocycles. The average Bonchev–Trinajstić information content (AvgIpc) is 2.49. The van der Waals surface area contributed by atoms with Crippen molar-refractivity contribution >= 4 is 17.9 Å². The molecule has 0 unspecified atom stereocenters. The fourth-order valence-electron chi connectivity index (χ4n) is 2.10. The summed E-state index contributed by atoms with van der Waals surface area (Å²) in [7, 11) is 0. The molecule has 0 saturated carbocycles. The van der Waals surface area contributed by atoms with Crippen LogP contribution in [-0.4, -0.2) is 62.2 Å². The molecule has 2 rings (SSSR count). The summed E-state index contributed by atoms with van der Waals surface area (Å²) in [6.45, 7) is 8.96. The van der Waals surface area contributed by atoms with Crippen molar-refractivity contribution in [2.24, 2.45) is 15.8 Å². The lowest BCUT2D eigenvalue weighted by Gasteiger charge is -2.27. The molecule has 2 heterocycles. The minimum Gasteiger partial charge on any atom is -0.382 e. The summed E-state index contributed by atoms with van der Waals surface area (Å²) in [4.78, 5) is 6.08. The van der Waals surface area contributed by atoms with Crippen molar-refractivity contribution in [3.63, 3.8) is 0 Å². The lowest BCUT2D eigenvalue weighted by molar-refractivity contribution is 0.0387. The lowest BCUT2D eigenvalue weighted by atomic mass is 10.2. The van der Waals surface area contributed by atoms with E-state index in [0.717, 1.165) is 51.4 Å². The molecule has 8 heteroatoms. The van der Waals surface area contributed by atoms with E-state index in [-0.39, 0.29) is 5.84 Å². The van der Waals surface area contributed by atoms with Crippen LogP contribution in [0.25, 0.3) is 0 Å². The molecule has 0 amide bonds. The fourth-order valence-corrected chi connectivity index (χ4v) is 2.10. The number of hydrazone groups is 1. The van der Waals surface area contributed by atoms with Crippen molar-refractivity contribution in [2.75, 3.05) is 39.4 Å². The maximum Gasteiger partial charge on any atom is 0.155 e. The van der Waals surface area contributed by atoms with Gasteiger partial charge in [-0.05, 0) is 6.08 Å². The van der Waals surface area contributed by atoms with Crippen molar-refractivity contribution in [2.45, 2.75) is 0 Å². The van der Waals surface area contributed by atoms with Gasteiger partial charge in [0.1, 0.15) is 12.1 Å². The van der Waals surface area contributed by atoms with Crippen LogP contribution in [0.2, 0.25) is 0 Å². The predicted octanol–water partition coefficient (Wildman–Crippen LogP) is -0.771. The number of nitrogens with zero attached hydrogens (tertiary/aromatic N) is 3. The second-order valence-electron chi connectivity index (χ2n) is 4.68. The van der Waals surface area contributed by atoms with Gasteiger partial charge in [0.25, 0.3) is 0 Å². The SMILES string of the molecule is C=C1C=C(NCCN2CCOCC2)C(C(N)=NC=N)=NN1. The van der Waals surface area contributed by atoms with E-state index in [2.05, 4.69) is 32.3 Å². The van der Waals surface area contributed by atoms with Gasteiger partial charge in [0, 0.05) is 26.2 Å². The van der Waals surface area contributed by atoms with Gasteiger partial charge in [0.15, 0.2) is 5.84 Å². The summed E-state index contributed by atoms with van der Waals surface area (Å²) >= 11 is 0. The van der Waals surface area contributed by atoms with E-state index in [0.29, 0.717) is 11.4 Å². The van der Waals surface area contributed by atoms with E-state index in [4.69, 9.17) is 15.9 Å². The van der Waals surface area contributed by atoms with Crippen LogP contribution >= 0.6 is 0 Å². The van der Waals surface area contributed by atoms with Gasteiger partial charge in [-0.15, -0.1) is 0 Å². The molecule has 0 aromatic rings. The van der Waals surface area contributed by atoms with Crippen LogP contribution in [0, 0.1) is 5.41 Å². The Morgan fingerprint density at radius 1 is 1.62 bits per heavy atom. The number of hydrogen-bond donors (Lipinski definition) is 4. The molecule has 0 radical (unpaired) electrons. The standard InChI is InChI=1S/C13H21N7O/c1-10-8-11(12(19-18-10)13(15)17-9-14)16-2-3-20-4-6-21-7-5-20/h8-9,16,18H,1-7H2,(H3,14,15,17).